The third-order valence-electron chi connectivity index (χ3n) is 2.77. The van der Waals surface area contributed by atoms with Gasteiger partial charge in [0.25, 0.3) is 5.69 Å². The minimum atomic E-state index is -0.739. The van der Waals surface area contributed by atoms with Crippen LogP contribution in [0.25, 0.3) is 0 Å². The summed E-state index contributed by atoms with van der Waals surface area (Å²) in [6.45, 7) is 1.38. The van der Waals surface area contributed by atoms with E-state index in [-0.39, 0.29) is 27.9 Å². The second-order valence-electron chi connectivity index (χ2n) is 4.52. The van der Waals surface area contributed by atoms with Gasteiger partial charge in [-0.2, -0.15) is 0 Å². The summed E-state index contributed by atoms with van der Waals surface area (Å²) in [5.74, 6) is -0.705. The molecule has 0 heterocycles. The van der Waals surface area contributed by atoms with Crippen LogP contribution < -0.4 is 10.1 Å². The Morgan fingerprint density at radius 3 is 2.35 bits per heavy atom. The lowest BCUT2D eigenvalue weighted by Gasteiger charge is -2.07. The number of nitro groups is 1. The molecule has 1 amide bonds. The van der Waals surface area contributed by atoms with E-state index in [1.807, 2.05) is 0 Å². The Kier molecular flexibility index (Phi) is 4.92. The van der Waals surface area contributed by atoms with Gasteiger partial charge in [-0.05, 0) is 30.3 Å². The first-order chi connectivity index (χ1) is 10.9. The van der Waals surface area contributed by atoms with E-state index < -0.39 is 10.9 Å². The van der Waals surface area contributed by atoms with E-state index in [1.54, 1.807) is 12.1 Å². The zero-order valence-electron chi connectivity index (χ0n) is 11.9. The zero-order chi connectivity index (χ0) is 17.0. The van der Waals surface area contributed by atoms with E-state index in [2.05, 4.69) is 5.32 Å². The predicted octanol–water partition coefficient (Wildman–Crippen LogP) is 3.43. The Labute approximate surface area is 136 Å². The maximum Gasteiger partial charge on any atom is 0.345 e. The number of halogens is 1. The minimum Gasteiger partial charge on any atom is -0.423 e. The second kappa shape index (κ2) is 6.89. The van der Waals surface area contributed by atoms with E-state index in [0.717, 1.165) is 6.07 Å². The van der Waals surface area contributed by atoms with Gasteiger partial charge < -0.3 is 10.1 Å². The number of nitro benzene ring substituents is 1. The zero-order valence-corrected chi connectivity index (χ0v) is 12.7. The number of rotatable bonds is 4. The summed E-state index contributed by atoms with van der Waals surface area (Å²) in [7, 11) is 0. The average molecular weight is 335 g/mol. The Morgan fingerprint density at radius 1 is 1.17 bits per heavy atom. The van der Waals surface area contributed by atoms with Crippen molar-refractivity contribution in [2.24, 2.45) is 0 Å². The molecule has 0 saturated heterocycles. The van der Waals surface area contributed by atoms with Crippen molar-refractivity contribution in [3.63, 3.8) is 0 Å². The van der Waals surface area contributed by atoms with Gasteiger partial charge in [-0.3, -0.25) is 14.9 Å². The van der Waals surface area contributed by atoms with Gasteiger partial charge in [-0.25, -0.2) is 4.79 Å². The van der Waals surface area contributed by atoms with Crippen molar-refractivity contribution in [1.82, 2.24) is 0 Å². The van der Waals surface area contributed by atoms with Crippen LogP contribution in [0, 0.1) is 10.1 Å². The smallest absolute Gasteiger partial charge is 0.345 e. The van der Waals surface area contributed by atoms with E-state index >= 15 is 0 Å². The number of carbonyl (C=O) groups is 2. The van der Waals surface area contributed by atoms with Gasteiger partial charge in [0, 0.05) is 24.7 Å². The highest BCUT2D eigenvalue weighted by atomic mass is 35.5. The van der Waals surface area contributed by atoms with Gasteiger partial charge in [0.15, 0.2) is 0 Å². The molecule has 0 aliphatic rings. The fraction of sp³-hybridized carbons (Fsp3) is 0.0667. The number of benzene rings is 2. The van der Waals surface area contributed by atoms with Crippen LogP contribution in [-0.2, 0) is 4.79 Å². The quantitative estimate of drug-likeness (QED) is 0.400. The highest BCUT2D eigenvalue weighted by molar-refractivity contribution is 6.33. The van der Waals surface area contributed by atoms with Gasteiger partial charge in [-0.15, -0.1) is 0 Å². The van der Waals surface area contributed by atoms with Gasteiger partial charge in [0.1, 0.15) is 5.75 Å². The molecule has 2 aromatic rings. The third kappa shape index (κ3) is 4.27. The van der Waals surface area contributed by atoms with Crippen LogP contribution in [0.15, 0.2) is 42.5 Å². The number of esters is 1. The average Bonchev–Trinajstić information content (AvgIpc) is 2.48. The summed E-state index contributed by atoms with van der Waals surface area (Å²) in [6.07, 6.45) is 0. The van der Waals surface area contributed by atoms with Crippen LogP contribution in [-0.4, -0.2) is 16.8 Å². The standard InChI is InChI=1S/C15H11ClN2O5/c1-9(19)17-10-2-5-12(6-3-10)23-15(20)13-7-4-11(18(21)22)8-14(13)16/h2-8H,1H3,(H,17,19). The molecular formula is C15H11ClN2O5. The molecule has 0 unspecified atom stereocenters. The molecule has 118 valence electrons. The largest absolute Gasteiger partial charge is 0.423 e. The molecule has 1 N–H and O–H groups in total. The van der Waals surface area contributed by atoms with E-state index in [9.17, 15) is 19.7 Å². The molecule has 8 heteroatoms. The number of amides is 1. The lowest BCUT2D eigenvalue weighted by atomic mass is 10.2. The topological polar surface area (TPSA) is 98.5 Å². The molecule has 0 spiro atoms. The van der Waals surface area contributed by atoms with Gasteiger partial charge in [0.2, 0.25) is 5.91 Å². The number of ether oxygens (including phenoxy) is 1. The molecule has 0 radical (unpaired) electrons. The molecule has 0 aromatic heterocycles. The van der Waals surface area contributed by atoms with Crippen molar-refractivity contribution in [2.75, 3.05) is 5.32 Å². The Balaban J connectivity index is 2.12. The molecule has 0 fully saturated rings. The summed E-state index contributed by atoms with van der Waals surface area (Å²) in [6, 6.07) is 9.63. The third-order valence-corrected chi connectivity index (χ3v) is 3.08. The number of nitrogens with zero attached hydrogens (tertiary/aromatic N) is 1. The van der Waals surface area contributed by atoms with Crippen molar-refractivity contribution in [3.8, 4) is 5.75 Å². The fourth-order valence-corrected chi connectivity index (χ4v) is 2.01. The van der Waals surface area contributed by atoms with Crippen LogP contribution in [0.5, 0.6) is 5.75 Å². The number of hydrogen-bond donors (Lipinski definition) is 1. The maximum absolute atomic E-state index is 12.0. The van der Waals surface area contributed by atoms with Crippen molar-refractivity contribution >= 4 is 34.9 Å². The van der Waals surface area contributed by atoms with E-state index in [1.165, 1.54) is 31.2 Å². The lowest BCUT2D eigenvalue weighted by Crippen LogP contribution is -2.10. The monoisotopic (exact) mass is 334 g/mol. The Morgan fingerprint density at radius 2 is 1.83 bits per heavy atom. The highest BCUT2D eigenvalue weighted by Gasteiger charge is 2.16. The van der Waals surface area contributed by atoms with Crippen molar-refractivity contribution in [3.05, 3.63) is 63.2 Å². The summed E-state index contributed by atoms with van der Waals surface area (Å²) in [5, 5.41) is 13.1. The molecule has 2 aromatic carbocycles. The Bertz CT molecular complexity index is 774. The van der Waals surface area contributed by atoms with Gasteiger partial charge in [0.05, 0.1) is 15.5 Å². The summed E-state index contributed by atoms with van der Waals surface area (Å²) in [5.41, 5.74) is 0.361. The number of nitrogens with one attached hydrogen (secondary N) is 1. The van der Waals surface area contributed by atoms with Crippen LogP contribution in [0.2, 0.25) is 5.02 Å². The number of hydrogen-bond acceptors (Lipinski definition) is 5. The molecule has 0 aliphatic heterocycles. The first-order valence-electron chi connectivity index (χ1n) is 6.40. The van der Waals surface area contributed by atoms with E-state index in [0.29, 0.717) is 5.69 Å². The SMILES string of the molecule is CC(=O)Nc1ccc(OC(=O)c2ccc([N+](=O)[O-])cc2Cl)cc1. The summed E-state index contributed by atoms with van der Waals surface area (Å²) >= 11 is 5.86. The lowest BCUT2D eigenvalue weighted by molar-refractivity contribution is -0.384. The molecule has 23 heavy (non-hydrogen) atoms. The van der Waals surface area contributed by atoms with Crippen LogP contribution >= 0.6 is 11.6 Å². The van der Waals surface area contributed by atoms with Crippen molar-refractivity contribution < 1.29 is 19.2 Å². The van der Waals surface area contributed by atoms with Crippen LogP contribution in [0.3, 0.4) is 0 Å². The molecular weight excluding hydrogens is 324 g/mol. The summed E-state index contributed by atoms with van der Waals surface area (Å²) < 4.78 is 5.14. The molecule has 0 atom stereocenters. The fourth-order valence-electron chi connectivity index (χ4n) is 1.75. The maximum atomic E-state index is 12.0. The second-order valence-corrected chi connectivity index (χ2v) is 4.92. The number of non-ortho nitro benzene ring substituents is 1. The van der Waals surface area contributed by atoms with Crippen LogP contribution in [0.1, 0.15) is 17.3 Å². The molecule has 0 bridgehead atoms. The van der Waals surface area contributed by atoms with E-state index in [4.69, 9.17) is 16.3 Å². The van der Waals surface area contributed by atoms with Gasteiger partial charge in [-0.1, -0.05) is 11.6 Å². The number of carbonyl (C=O) groups excluding carboxylic acids is 2. The number of anilines is 1. The molecule has 0 saturated carbocycles. The normalized spacial score (nSPS) is 10.0. The first-order valence-corrected chi connectivity index (χ1v) is 6.78. The summed E-state index contributed by atoms with van der Waals surface area (Å²) in [4.78, 5) is 33.0. The first kappa shape index (κ1) is 16.4. The minimum absolute atomic E-state index is 0.0169. The Hall–Kier alpha value is -2.93. The van der Waals surface area contributed by atoms with Crippen molar-refractivity contribution in [2.45, 2.75) is 6.92 Å². The van der Waals surface area contributed by atoms with Crippen molar-refractivity contribution in [1.29, 1.82) is 0 Å². The predicted molar refractivity (Wildman–Crippen MR) is 83.8 cm³/mol. The molecule has 2 rings (SSSR count). The van der Waals surface area contributed by atoms with Crippen LogP contribution in [0.4, 0.5) is 11.4 Å². The molecule has 7 nitrogen and oxygen atoms in total. The van der Waals surface area contributed by atoms with Gasteiger partial charge >= 0.3 is 5.97 Å². The molecule has 0 aliphatic carbocycles. The highest BCUT2D eigenvalue weighted by Crippen LogP contribution is 2.24.